The quantitative estimate of drug-likeness (QED) is 0.375. The Morgan fingerprint density at radius 2 is 1.44 bits per heavy atom. The lowest BCUT2D eigenvalue weighted by Gasteiger charge is -2.51. The average Bonchev–Trinajstić information content (AvgIpc) is 2.95. The second-order valence-electron chi connectivity index (χ2n) is 14.8. The Morgan fingerprint density at radius 3 is 1.97 bits per heavy atom. The minimum absolute atomic E-state index is 0.0538. The van der Waals surface area contributed by atoms with Gasteiger partial charge in [0.05, 0.1) is 5.71 Å². The summed E-state index contributed by atoms with van der Waals surface area (Å²) in [5.74, 6) is 0. The zero-order chi connectivity index (χ0) is 29.4. The fraction of sp³-hybridized carbons (Fsp3) is 0.500. The molecule has 1 heteroatoms. The van der Waals surface area contributed by atoms with E-state index in [0.717, 1.165) is 23.4 Å². The molecule has 3 aliphatic rings. The van der Waals surface area contributed by atoms with E-state index in [1.165, 1.54) is 22.3 Å². The van der Waals surface area contributed by atoms with Crippen LogP contribution in [-0.2, 0) is 5.41 Å². The molecule has 1 aromatic carbocycles. The van der Waals surface area contributed by atoms with Crippen LogP contribution in [0.1, 0.15) is 95.1 Å². The predicted molar refractivity (Wildman–Crippen MR) is 171 cm³/mol. The Balaban J connectivity index is 2.18. The van der Waals surface area contributed by atoms with E-state index in [1.54, 1.807) is 5.57 Å². The molecule has 1 aromatic rings. The standard InChI is InChI=1S/C38H51N/c1-15-27-22-21-26(4)29-24-37(13)31(34(7,8)35(9,10)36(37,11)12)23-30(29)33(5,6)38(14,32(27)39-25(2)3)28-19-17-16-18-20-28/h15-23H,1-2,24H2,3-14H3/b26-21+,27-22+,39-32?. The van der Waals surface area contributed by atoms with E-state index >= 15 is 0 Å². The highest BCUT2D eigenvalue weighted by Crippen LogP contribution is 2.76. The maximum atomic E-state index is 5.18. The maximum absolute atomic E-state index is 5.18. The lowest BCUT2D eigenvalue weighted by atomic mass is 9.52. The first kappa shape index (κ1) is 29.3. The molecular weight excluding hydrogens is 470 g/mol. The molecule has 0 radical (unpaired) electrons. The number of nitrogens with zero attached hydrogens (tertiary/aromatic N) is 1. The number of hydrogen-bond donors (Lipinski definition) is 0. The molecule has 3 aliphatic carbocycles. The fourth-order valence-corrected chi connectivity index (χ4v) is 8.13. The average molecular weight is 522 g/mol. The van der Waals surface area contributed by atoms with Crippen LogP contribution in [0.15, 0.2) is 106 Å². The Hall–Kier alpha value is -2.67. The molecule has 1 saturated carbocycles. The van der Waals surface area contributed by atoms with E-state index in [-0.39, 0.29) is 27.1 Å². The topological polar surface area (TPSA) is 12.4 Å². The molecule has 0 heterocycles. The van der Waals surface area contributed by atoms with E-state index in [9.17, 15) is 0 Å². The second kappa shape index (κ2) is 8.92. The first-order valence-corrected chi connectivity index (χ1v) is 14.6. The van der Waals surface area contributed by atoms with Gasteiger partial charge in [0.25, 0.3) is 0 Å². The molecule has 1 fully saturated rings. The molecule has 208 valence electrons. The number of aliphatic imine (C=N–C) groups is 1. The van der Waals surface area contributed by atoms with Crippen LogP contribution in [-0.4, -0.2) is 5.71 Å². The number of allylic oxidation sites excluding steroid dienone is 10. The minimum atomic E-state index is -0.440. The Morgan fingerprint density at radius 1 is 0.846 bits per heavy atom. The number of benzene rings is 1. The monoisotopic (exact) mass is 521 g/mol. The lowest BCUT2D eigenvalue weighted by molar-refractivity contribution is 0.00644. The van der Waals surface area contributed by atoms with Crippen LogP contribution in [0, 0.1) is 27.1 Å². The highest BCUT2D eigenvalue weighted by molar-refractivity contribution is 6.11. The summed E-state index contributed by atoms with van der Waals surface area (Å²) in [4.78, 5) is 5.18. The number of rotatable bonds is 3. The van der Waals surface area contributed by atoms with Gasteiger partial charge in [-0.25, -0.2) is 0 Å². The molecule has 0 amide bonds. The van der Waals surface area contributed by atoms with Crippen molar-refractivity contribution in [2.45, 2.75) is 94.9 Å². The van der Waals surface area contributed by atoms with Gasteiger partial charge < -0.3 is 0 Å². The molecule has 1 nitrogen and oxygen atoms in total. The summed E-state index contributed by atoms with van der Waals surface area (Å²) >= 11 is 0. The van der Waals surface area contributed by atoms with Crippen LogP contribution in [0.2, 0.25) is 0 Å². The lowest BCUT2D eigenvalue weighted by Crippen LogP contribution is -2.49. The van der Waals surface area contributed by atoms with Crippen molar-refractivity contribution >= 4 is 5.71 Å². The molecule has 0 bridgehead atoms. The van der Waals surface area contributed by atoms with Crippen LogP contribution in [0.5, 0.6) is 0 Å². The third-order valence-electron chi connectivity index (χ3n) is 12.4. The Kier molecular flexibility index (Phi) is 6.70. The Bertz CT molecular complexity index is 1380. The van der Waals surface area contributed by atoms with E-state index in [0.29, 0.717) is 0 Å². The summed E-state index contributed by atoms with van der Waals surface area (Å²) in [7, 11) is 0. The van der Waals surface area contributed by atoms with Crippen LogP contribution >= 0.6 is 0 Å². The van der Waals surface area contributed by atoms with Gasteiger partial charge in [-0.05, 0) is 76.7 Å². The van der Waals surface area contributed by atoms with Crippen molar-refractivity contribution in [1.82, 2.24) is 0 Å². The third kappa shape index (κ3) is 3.68. The summed E-state index contributed by atoms with van der Waals surface area (Å²) in [5, 5.41) is 0. The van der Waals surface area contributed by atoms with Crippen molar-refractivity contribution in [3.05, 3.63) is 107 Å². The van der Waals surface area contributed by atoms with Crippen LogP contribution in [0.25, 0.3) is 0 Å². The second-order valence-corrected chi connectivity index (χ2v) is 14.8. The smallest absolute Gasteiger partial charge is 0.0590 e. The summed E-state index contributed by atoms with van der Waals surface area (Å²) in [6.07, 6.45) is 10.2. The van der Waals surface area contributed by atoms with Gasteiger partial charge in [0, 0.05) is 16.5 Å². The van der Waals surface area contributed by atoms with Crippen molar-refractivity contribution in [2.75, 3.05) is 0 Å². The van der Waals surface area contributed by atoms with Gasteiger partial charge in [-0.1, -0.05) is 136 Å². The van der Waals surface area contributed by atoms with Gasteiger partial charge in [-0.15, -0.1) is 0 Å². The van der Waals surface area contributed by atoms with Crippen molar-refractivity contribution in [3.8, 4) is 0 Å². The third-order valence-corrected chi connectivity index (χ3v) is 12.4. The molecule has 2 unspecified atom stereocenters. The number of fused-ring (bicyclic) bond motifs is 1. The zero-order valence-corrected chi connectivity index (χ0v) is 26.8. The maximum Gasteiger partial charge on any atom is 0.0590 e. The highest BCUT2D eigenvalue weighted by Gasteiger charge is 2.68. The predicted octanol–water partition coefficient (Wildman–Crippen LogP) is 10.7. The highest BCUT2D eigenvalue weighted by atomic mass is 14.8. The molecule has 39 heavy (non-hydrogen) atoms. The molecule has 4 rings (SSSR count). The summed E-state index contributed by atoms with van der Waals surface area (Å²) in [6, 6.07) is 10.9. The van der Waals surface area contributed by atoms with Gasteiger partial charge >= 0.3 is 0 Å². The van der Waals surface area contributed by atoms with Crippen LogP contribution in [0.3, 0.4) is 0 Å². The zero-order valence-electron chi connectivity index (χ0n) is 26.8. The van der Waals surface area contributed by atoms with E-state index < -0.39 is 5.41 Å². The van der Waals surface area contributed by atoms with Crippen molar-refractivity contribution in [1.29, 1.82) is 0 Å². The summed E-state index contributed by atoms with van der Waals surface area (Å²) in [5.41, 5.74) is 9.61. The summed E-state index contributed by atoms with van der Waals surface area (Å²) < 4.78 is 0. The van der Waals surface area contributed by atoms with Crippen LogP contribution in [0.4, 0.5) is 0 Å². The molecule has 0 aromatic heterocycles. The Labute approximate surface area is 239 Å². The number of hydrogen-bond acceptors (Lipinski definition) is 1. The van der Waals surface area contributed by atoms with Gasteiger partial charge in [-0.2, -0.15) is 0 Å². The van der Waals surface area contributed by atoms with Crippen molar-refractivity contribution < 1.29 is 0 Å². The molecular formula is C38H51N. The van der Waals surface area contributed by atoms with Crippen molar-refractivity contribution in [3.63, 3.8) is 0 Å². The van der Waals surface area contributed by atoms with Gasteiger partial charge in [0.2, 0.25) is 0 Å². The van der Waals surface area contributed by atoms with Gasteiger partial charge in [0.1, 0.15) is 0 Å². The first-order chi connectivity index (χ1) is 17.8. The molecule has 0 spiro atoms. The molecule has 0 aliphatic heterocycles. The van der Waals surface area contributed by atoms with Crippen LogP contribution < -0.4 is 0 Å². The van der Waals surface area contributed by atoms with Crippen molar-refractivity contribution in [2.24, 2.45) is 32.1 Å². The first-order valence-electron chi connectivity index (χ1n) is 14.6. The normalized spacial score (nSPS) is 34.3. The van der Waals surface area contributed by atoms with Gasteiger partial charge in [-0.3, -0.25) is 4.99 Å². The van der Waals surface area contributed by atoms with E-state index in [2.05, 4.69) is 138 Å². The molecule has 0 N–H and O–H groups in total. The minimum Gasteiger partial charge on any atom is -0.257 e. The van der Waals surface area contributed by atoms with E-state index in [1.807, 2.05) is 13.0 Å². The molecule has 2 atom stereocenters. The molecule has 0 saturated heterocycles. The SMILES string of the molecule is C=C/C1=C\C=C(/C)C2=C(C=C3C(C)(C)C(C)(C)C(C)(C)C3(C)C2)C(C)(C)C(C)(c2ccccc2)C1=NC(=C)C. The summed E-state index contributed by atoms with van der Waals surface area (Å²) in [6.45, 7) is 37.4. The fourth-order valence-electron chi connectivity index (χ4n) is 8.13. The largest absolute Gasteiger partial charge is 0.257 e. The van der Waals surface area contributed by atoms with Gasteiger partial charge in [0.15, 0.2) is 0 Å². The van der Waals surface area contributed by atoms with E-state index in [4.69, 9.17) is 4.99 Å².